The number of ether oxygens (including phenoxy) is 2. The number of carbonyl (C=O) groups is 2. The van der Waals surface area contributed by atoms with Crippen molar-refractivity contribution in [3.63, 3.8) is 0 Å². The third kappa shape index (κ3) is 6.33. The Balaban J connectivity index is 1.31. The van der Waals surface area contributed by atoms with Crippen LogP contribution in [0.1, 0.15) is 29.8 Å². The highest BCUT2D eigenvalue weighted by Crippen LogP contribution is 2.27. The summed E-state index contributed by atoms with van der Waals surface area (Å²) in [6, 6.07) is 21.7. The van der Waals surface area contributed by atoms with E-state index in [1.165, 1.54) is 11.8 Å². The average Bonchev–Trinajstić information content (AvgIpc) is 3.30. The number of benzene rings is 3. The molecule has 1 heterocycles. The van der Waals surface area contributed by atoms with Gasteiger partial charge in [0.25, 0.3) is 17.0 Å². The van der Waals surface area contributed by atoms with Crippen molar-refractivity contribution in [2.24, 2.45) is 0 Å². The van der Waals surface area contributed by atoms with Gasteiger partial charge >= 0.3 is 0 Å². The predicted octanol–water partition coefficient (Wildman–Crippen LogP) is 4.75. The number of aromatic nitrogens is 1. The second-order valence-electron chi connectivity index (χ2n) is 7.50. The standard InChI is InChI=1S/C26H25N3O5S/c1-3-32-19-12-14-20(15-13-19)33-17(2)24(30)28-29-25(31)21-9-5-4-8-18(21)16-35-26-27-22-10-6-7-11-23(22)34-26/h4-15,17H,3,16H2,1-2H3,(H,28,30)(H,29,31). The molecule has 4 rings (SSSR count). The smallest absolute Gasteiger partial charge is 0.279 e. The Hall–Kier alpha value is -3.98. The Bertz CT molecular complexity index is 1270. The lowest BCUT2D eigenvalue weighted by Gasteiger charge is -2.16. The number of amides is 2. The van der Waals surface area contributed by atoms with Gasteiger partial charge in [0.1, 0.15) is 17.0 Å². The molecule has 0 bridgehead atoms. The van der Waals surface area contributed by atoms with Crippen molar-refractivity contribution in [2.45, 2.75) is 30.9 Å². The lowest BCUT2D eigenvalue weighted by molar-refractivity contribution is -0.128. The number of nitrogens with one attached hydrogen (secondary N) is 2. The Morgan fingerprint density at radius 1 is 0.971 bits per heavy atom. The van der Waals surface area contributed by atoms with Crippen LogP contribution >= 0.6 is 11.8 Å². The molecule has 3 aromatic carbocycles. The van der Waals surface area contributed by atoms with Crippen LogP contribution in [0.2, 0.25) is 0 Å². The van der Waals surface area contributed by atoms with Gasteiger partial charge in [0, 0.05) is 11.3 Å². The van der Waals surface area contributed by atoms with E-state index in [9.17, 15) is 9.59 Å². The molecule has 0 radical (unpaired) electrons. The van der Waals surface area contributed by atoms with Crippen LogP contribution in [-0.2, 0) is 10.5 Å². The molecule has 0 aliphatic heterocycles. The van der Waals surface area contributed by atoms with E-state index >= 15 is 0 Å². The fraction of sp³-hybridized carbons (Fsp3) is 0.192. The molecule has 1 aromatic heterocycles. The SMILES string of the molecule is CCOc1ccc(OC(C)C(=O)NNC(=O)c2ccccc2CSc2nc3ccccc3o2)cc1. The largest absolute Gasteiger partial charge is 0.494 e. The molecule has 0 saturated carbocycles. The minimum absolute atomic E-state index is 0.430. The molecular weight excluding hydrogens is 466 g/mol. The number of fused-ring (bicyclic) bond motifs is 1. The van der Waals surface area contributed by atoms with Gasteiger partial charge in [0.05, 0.1) is 6.61 Å². The van der Waals surface area contributed by atoms with Gasteiger partial charge in [-0.2, -0.15) is 0 Å². The highest BCUT2D eigenvalue weighted by atomic mass is 32.2. The molecule has 2 N–H and O–H groups in total. The molecule has 1 atom stereocenters. The van der Waals surface area contributed by atoms with Gasteiger partial charge in [-0.25, -0.2) is 4.98 Å². The van der Waals surface area contributed by atoms with Crippen LogP contribution in [0.25, 0.3) is 11.1 Å². The van der Waals surface area contributed by atoms with Crippen LogP contribution in [0.3, 0.4) is 0 Å². The Kier molecular flexibility index (Phi) is 7.89. The maximum Gasteiger partial charge on any atom is 0.279 e. The fourth-order valence-electron chi connectivity index (χ4n) is 3.25. The summed E-state index contributed by atoms with van der Waals surface area (Å²) in [6.45, 7) is 4.07. The van der Waals surface area contributed by atoms with E-state index in [1.54, 1.807) is 43.3 Å². The fourth-order valence-corrected chi connectivity index (χ4v) is 4.09. The van der Waals surface area contributed by atoms with Crippen molar-refractivity contribution in [1.29, 1.82) is 0 Å². The zero-order valence-electron chi connectivity index (χ0n) is 19.3. The second kappa shape index (κ2) is 11.4. The van der Waals surface area contributed by atoms with Crippen LogP contribution in [0, 0.1) is 0 Å². The summed E-state index contributed by atoms with van der Waals surface area (Å²) in [7, 11) is 0. The molecule has 0 fully saturated rings. The van der Waals surface area contributed by atoms with Crippen molar-refractivity contribution in [3.8, 4) is 11.5 Å². The van der Waals surface area contributed by atoms with Crippen LogP contribution < -0.4 is 20.3 Å². The summed E-state index contributed by atoms with van der Waals surface area (Å²) in [6.07, 6.45) is -0.821. The highest BCUT2D eigenvalue weighted by molar-refractivity contribution is 7.98. The maximum atomic E-state index is 12.8. The van der Waals surface area contributed by atoms with Gasteiger partial charge in [0.2, 0.25) is 0 Å². The maximum absolute atomic E-state index is 12.8. The van der Waals surface area contributed by atoms with E-state index in [0.29, 0.717) is 34.5 Å². The molecule has 0 saturated heterocycles. The molecule has 2 amide bonds. The van der Waals surface area contributed by atoms with Gasteiger partial charge in [-0.05, 0) is 61.9 Å². The van der Waals surface area contributed by atoms with Gasteiger partial charge in [-0.15, -0.1) is 0 Å². The summed E-state index contributed by atoms with van der Waals surface area (Å²) in [4.78, 5) is 29.7. The van der Waals surface area contributed by atoms with Gasteiger partial charge in [-0.1, -0.05) is 42.1 Å². The van der Waals surface area contributed by atoms with E-state index in [2.05, 4.69) is 15.8 Å². The third-order valence-electron chi connectivity index (χ3n) is 5.00. The number of nitrogens with zero attached hydrogens (tertiary/aromatic N) is 1. The van der Waals surface area contributed by atoms with Crippen molar-refractivity contribution in [2.75, 3.05) is 6.61 Å². The second-order valence-corrected chi connectivity index (χ2v) is 8.43. The summed E-state index contributed by atoms with van der Waals surface area (Å²) >= 11 is 1.39. The van der Waals surface area contributed by atoms with Crippen molar-refractivity contribution in [1.82, 2.24) is 15.8 Å². The van der Waals surface area contributed by atoms with E-state index in [1.807, 2.05) is 43.3 Å². The minimum Gasteiger partial charge on any atom is -0.494 e. The van der Waals surface area contributed by atoms with E-state index < -0.39 is 17.9 Å². The van der Waals surface area contributed by atoms with Crippen LogP contribution in [0.15, 0.2) is 82.4 Å². The minimum atomic E-state index is -0.821. The molecule has 4 aromatic rings. The monoisotopic (exact) mass is 491 g/mol. The molecule has 8 nitrogen and oxygen atoms in total. The topological polar surface area (TPSA) is 103 Å². The van der Waals surface area contributed by atoms with E-state index in [-0.39, 0.29) is 0 Å². The lowest BCUT2D eigenvalue weighted by atomic mass is 10.1. The van der Waals surface area contributed by atoms with Gasteiger partial charge in [0.15, 0.2) is 11.7 Å². The highest BCUT2D eigenvalue weighted by Gasteiger charge is 2.18. The zero-order chi connectivity index (χ0) is 24.6. The summed E-state index contributed by atoms with van der Waals surface area (Å²) in [5.74, 6) is 0.800. The first-order valence-corrected chi connectivity index (χ1v) is 12.1. The van der Waals surface area contributed by atoms with Gasteiger partial charge < -0.3 is 13.9 Å². The lowest BCUT2D eigenvalue weighted by Crippen LogP contribution is -2.47. The van der Waals surface area contributed by atoms with Crippen molar-refractivity contribution >= 4 is 34.7 Å². The number of para-hydroxylation sites is 2. The molecule has 0 aliphatic rings. The molecule has 1 unspecified atom stereocenters. The molecular formula is C26H25N3O5S. The van der Waals surface area contributed by atoms with Crippen LogP contribution in [0.5, 0.6) is 11.5 Å². The molecule has 9 heteroatoms. The molecule has 0 spiro atoms. The summed E-state index contributed by atoms with van der Waals surface area (Å²) in [5.41, 5.74) is 7.61. The van der Waals surface area contributed by atoms with E-state index in [4.69, 9.17) is 13.9 Å². The Morgan fingerprint density at radius 2 is 1.69 bits per heavy atom. The first-order chi connectivity index (χ1) is 17.0. The number of rotatable bonds is 9. The number of hydrazine groups is 1. The summed E-state index contributed by atoms with van der Waals surface area (Å²) in [5, 5.41) is 0.523. The summed E-state index contributed by atoms with van der Waals surface area (Å²) < 4.78 is 16.8. The van der Waals surface area contributed by atoms with E-state index in [0.717, 1.165) is 16.8 Å². The molecule has 35 heavy (non-hydrogen) atoms. The normalized spacial score (nSPS) is 11.6. The number of carbonyl (C=O) groups excluding carboxylic acids is 2. The number of hydrogen-bond donors (Lipinski definition) is 2. The first-order valence-electron chi connectivity index (χ1n) is 11.1. The molecule has 0 aliphatic carbocycles. The molecule has 180 valence electrons. The first kappa shape index (κ1) is 24.2. The van der Waals surface area contributed by atoms with Crippen molar-refractivity contribution in [3.05, 3.63) is 83.9 Å². The predicted molar refractivity (Wildman–Crippen MR) is 133 cm³/mol. The quantitative estimate of drug-likeness (QED) is 0.257. The average molecular weight is 492 g/mol. The number of thioether (sulfide) groups is 1. The Labute approximate surface area is 207 Å². The number of oxazole rings is 1. The Morgan fingerprint density at radius 3 is 2.46 bits per heavy atom. The van der Waals surface area contributed by atoms with Crippen LogP contribution in [-0.4, -0.2) is 29.5 Å². The number of hydrogen-bond acceptors (Lipinski definition) is 7. The zero-order valence-corrected chi connectivity index (χ0v) is 20.1. The van der Waals surface area contributed by atoms with Crippen LogP contribution in [0.4, 0.5) is 0 Å². The van der Waals surface area contributed by atoms with Crippen molar-refractivity contribution < 1.29 is 23.5 Å². The third-order valence-corrected chi connectivity index (χ3v) is 5.88. The van der Waals surface area contributed by atoms with Gasteiger partial charge in [-0.3, -0.25) is 20.4 Å².